The Labute approximate surface area is 106 Å². The monoisotopic (exact) mass is 253 g/mol. The minimum absolute atomic E-state index is 0.174. The molecule has 0 saturated heterocycles. The highest BCUT2D eigenvalue weighted by atomic mass is 16.4. The third kappa shape index (κ3) is 4.99. The molecule has 18 heavy (non-hydrogen) atoms. The van der Waals surface area contributed by atoms with Crippen LogP contribution in [0.25, 0.3) is 0 Å². The summed E-state index contributed by atoms with van der Waals surface area (Å²) in [4.78, 5) is 22.0. The molecule has 0 aromatic carbocycles. The second kappa shape index (κ2) is 6.78. The van der Waals surface area contributed by atoms with Crippen molar-refractivity contribution in [1.29, 1.82) is 0 Å². The fraction of sp³-hybridized carbons (Fsp3) is 0.583. The molecule has 6 nitrogen and oxygen atoms in total. The van der Waals surface area contributed by atoms with E-state index < -0.39 is 5.97 Å². The number of aromatic amines is 1. The number of hydrogen-bond acceptors (Lipinski definition) is 3. The van der Waals surface area contributed by atoms with Gasteiger partial charge in [-0.2, -0.15) is 5.10 Å². The molecule has 0 fully saturated rings. The summed E-state index contributed by atoms with van der Waals surface area (Å²) in [6.07, 6.45) is 1.57. The number of amides is 1. The maximum absolute atomic E-state index is 11.6. The maximum atomic E-state index is 11.6. The van der Waals surface area contributed by atoms with E-state index in [1.54, 1.807) is 6.07 Å². The summed E-state index contributed by atoms with van der Waals surface area (Å²) in [6, 6.07) is 1.68. The van der Waals surface area contributed by atoms with E-state index in [4.69, 9.17) is 5.11 Å². The summed E-state index contributed by atoms with van der Waals surface area (Å²) < 4.78 is 0. The molecule has 0 saturated carbocycles. The summed E-state index contributed by atoms with van der Waals surface area (Å²) in [6.45, 7) is 4.34. The van der Waals surface area contributed by atoms with E-state index in [-0.39, 0.29) is 18.2 Å². The molecule has 1 heterocycles. The molecule has 0 bridgehead atoms. The number of aryl methyl sites for hydroxylation is 1. The first-order valence-corrected chi connectivity index (χ1v) is 6.01. The van der Waals surface area contributed by atoms with E-state index in [0.29, 0.717) is 18.7 Å². The molecule has 3 N–H and O–H groups in total. The first kappa shape index (κ1) is 14.2. The Hall–Kier alpha value is -1.85. The van der Waals surface area contributed by atoms with Crippen LogP contribution in [0.3, 0.4) is 0 Å². The average Bonchev–Trinajstić information content (AvgIpc) is 2.73. The second-order valence-corrected chi connectivity index (χ2v) is 4.52. The highest BCUT2D eigenvalue weighted by molar-refractivity contribution is 5.92. The van der Waals surface area contributed by atoms with Crippen LogP contribution in [0.1, 0.15) is 42.4 Å². The number of hydrogen-bond donors (Lipinski definition) is 3. The maximum Gasteiger partial charge on any atom is 0.303 e. The Morgan fingerprint density at radius 2 is 2.22 bits per heavy atom. The predicted octanol–water partition coefficient (Wildman–Crippen LogP) is 1.34. The molecule has 100 valence electrons. The molecule has 6 heteroatoms. The topological polar surface area (TPSA) is 95.1 Å². The molecule has 1 aromatic heterocycles. The minimum Gasteiger partial charge on any atom is -0.481 e. The van der Waals surface area contributed by atoms with E-state index in [1.165, 1.54) is 0 Å². The summed E-state index contributed by atoms with van der Waals surface area (Å²) in [7, 11) is 0. The average molecular weight is 253 g/mol. The van der Waals surface area contributed by atoms with Crippen LogP contribution >= 0.6 is 0 Å². The van der Waals surface area contributed by atoms with Gasteiger partial charge in [0.15, 0.2) is 0 Å². The van der Waals surface area contributed by atoms with Crippen molar-refractivity contribution in [2.75, 3.05) is 6.54 Å². The van der Waals surface area contributed by atoms with Crippen LogP contribution in [0, 0.1) is 12.8 Å². The fourth-order valence-electron chi connectivity index (χ4n) is 1.57. The number of carboxylic acids is 1. The molecule has 1 amide bonds. The SMILES string of the molecule is Cc1cc(C(=O)NCCC(C)CCC(=O)O)n[nH]1. The minimum atomic E-state index is -0.780. The molecular formula is C12H19N3O3. The van der Waals surface area contributed by atoms with Gasteiger partial charge in [-0.05, 0) is 31.7 Å². The van der Waals surface area contributed by atoms with Gasteiger partial charge in [-0.3, -0.25) is 14.7 Å². The largest absolute Gasteiger partial charge is 0.481 e. The van der Waals surface area contributed by atoms with Gasteiger partial charge in [0.2, 0.25) is 0 Å². The molecular weight excluding hydrogens is 234 g/mol. The highest BCUT2D eigenvalue weighted by Crippen LogP contribution is 2.09. The van der Waals surface area contributed by atoms with Crippen LogP contribution in [0.2, 0.25) is 0 Å². The zero-order valence-electron chi connectivity index (χ0n) is 10.7. The van der Waals surface area contributed by atoms with Crippen molar-refractivity contribution >= 4 is 11.9 Å². The molecule has 0 aliphatic rings. The number of carboxylic acid groups (broad SMARTS) is 1. The van der Waals surface area contributed by atoms with E-state index in [1.807, 2.05) is 13.8 Å². The van der Waals surface area contributed by atoms with E-state index in [9.17, 15) is 9.59 Å². The van der Waals surface area contributed by atoms with Gasteiger partial charge in [0.25, 0.3) is 5.91 Å². The van der Waals surface area contributed by atoms with Gasteiger partial charge in [0.1, 0.15) is 5.69 Å². The van der Waals surface area contributed by atoms with Gasteiger partial charge < -0.3 is 10.4 Å². The third-order valence-electron chi connectivity index (χ3n) is 2.71. The van der Waals surface area contributed by atoms with Crippen molar-refractivity contribution in [1.82, 2.24) is 15.5 Å². The number of aromatic nitrogens is 2. The Morgan fingerprint density at radius 1 is 1.50 bits per heavy atom. The van der Waals surface area contributed by atoms with Crippen LogP contribution in [0.5, 0.6) is 0 Å². The van der Waals surface area contributed by atoms with Crippen molar-refractivity contribution in [2.45, 2.75) is 33.1 Å². The normalized spacial score (nSPS) is 12.1. The van der Waals surface area contributed by atoms with Gasteiger partial charge in [0.05, 0.1) is 0 Å². The molecule has 0 radical (unpaired) electrons. The number of carbonyl (C=O) groups excluding carboxylic acids is 1. The Kier molecular flexibility index (Phi) is 5.35. The molecule has 0 aliphatic heterocycles. The van der Waals surface area contributed by atoms with Crippen LogP contribution in [0.4, 0.5) is 0 Å². The quantitative estimate of drug-likeness (QED) is 0.683. The molecule has 0 spiro atoms. The fourth-order valence-corrected chi connectivity index (χ4v) is 1.57. The van der Waals surface area contributed by atoms with Gasteiger partial charge in [-0.15, -0.1) is 0 Å². The highest BCUT2D eigenvalue weighted by Gasteiger charge is 2.10. The van der Waals surface area contributed by atoms with Crippen molar-refractivity contribution < 1.29 is 14.7 Å². The van der Waals surface area contributed by atoms with E-state index >= 15 is 0 Å². The zero-order valence-corrected chi connectivity index (χ0v) is 10.7. The van der Waals surface area contributed by atoms with Crippen LogP contribution in [0.15, 0.2) is 6.07 Å². The van der Waals surface area contributed by atoms with Crippen LogP contribution < -0.4 is 5.32 Å². The number of aliphatic carboxylic acids is 1. The summed E-state index contributed by atoms with van der Waals surface area (Å²) >= 11 is 0. The Bertz CT molecular complexity index is 414. The third-order valence-corrected chi connectivity index (χ3v) is 2.71. The number of nitrogens with zero attached hydrogens (tertiary/aromatic N) is 1. The standard InChI is InChI=1S/C12H19N3O3/c1-8(3-4-11(16)17)5-6-13-12(18)10-7-9(2)14-15-10/h7-8H,3-6H2,1-2H3,(H,13,18)(H,14,15)(H,16,17). The smallest absolute Gasteiger partial charge is 0.303 e. The summed E-state index contributed by atoms with van der Waals surface area (Å²) in [5.41, 5.74) is 1.22. The van der Waals surface area contributed by atoms with Crippen molar-refractivity contribution in [3.05, 3.63) is 17.5 Å². The summed E-state index contributed by atoms with van der Waals surface area (Å²) in [5, 5.41) is 17.9. The zero-order chi connectivity index (χ0) is 13.5. The van der Waals surface area contributed by atoms with Gasteiger partial charge in [0, 0.05) is 18.7 Å². The number of rotatable bonds is 7. The van der Waals surface area contributed by atoms with Crippen molar-refractivity contribution in [3.63, 3.8) is 0 Å². The lowest BCUT2D eigenvalue weighted by Crippen LogP contribution is -2.26. The number of carbonyl (C=O) groups is 2. The molecule has 0 aliphatic carbocycles. The first-order valence-electron chi connectivity index (χ1n) is 6.01. The van der Waals surface area contributed by atoms with Gasteiger partial charge in [-0.25, -0.2) is 0 Å². The van der Waals surface area contributed by atoms with E-state index in [0.717, 1.165) is 12.1 Å². The Morgan fingerprint density at radius 3 is 2.78 bits per heavy atom. The van der Waals surface area contributed by atoms with Gasteiger partial charge >= 0.3 is 5.97 Å². The predicted molar refractivity (Wildman–Crippen MR) is 66.3 cm³/mol. The lowest BCUT2D eigenvalue weighted by molar-refractivity contribution is -0.137. The molecule has 1 aromatic rings. The second-order valence-electron chi connectivity index (χ2n) is 4.52. The molecule has 1 rings (SSSR count). The van der Waals surface area contributed by atoms with Crippen molar-refractivity contribution in [2.24, 2.45) is 5.92 Å². The lowest BCUT2D eigenvalue weighted by Gasteiger charge is -2.09. The van der Waals surface area contributed by atoms with Gasteiger partial charge in [-0.1, -0.05) is 6.92 Å². The van der Waals surface area contributed by atoms with Crippen LogP contribution in [-0.2, 0) is 4.79 Å². The molecule has 1 unspecified atom stereocenters. The number of H-pyrrole nitrogens is 1. The lowest BCUT2D eigenvalue weighted by atomic mass is 10.0. The summed E-state index contributed by atoms with van der Waals surface area (Å²) in [5.74, 6) is -0.704. The van der Waals surface area contributed by atoms with E-state index in [2.05, 4.69) is 15.5 Å². The van der Waals surface area contributed by atoms with Crippen LogP contribution in [-0.4, -0.2) is 33.7 Å². The Balaban J connectivity index is 2.21. The van der Waals surface area contributed by atoms with Crippen molar-refractivity contribution in [3.8, 4) is 0 Å². The number of nitrogens with one attached hydrogen (secondary N) is 2. The first-order chi connectivity index (χ1) is 8.49. The molecule has 1 atom stereocenters.